The zero-order chi connectivity index (χ0) is 16.2. The molecule has 0 saturated carbocycles. The van der Waals surface area contributed by atoms with Gasteiger partial charge in [-0.15, -0.1) is 0 Å². The van der Waals surface area contributed by atoms with Crippen LogP contribution in [0.1, 0.15) is 23.7 Å². The van der Waals surface area contributed by atoms with E-state index in [0.717, 1.165) is 56.9 Å². The fraction of sp³-hybridized carbons (Fsp3) is 0.526. The summed E-state index contributed by atoms with van der Waals surface area (Å²) in [6.45, 7) is 10.5. The van der Waals surface area contributed by atoms with Crippen LogP contribution in [0.3, 0.4) is 0 Å². The Kier molecular flexibility index (Phi) is 5.26. The smallest absolute Gasteiger partial charge is 0.0708 e. The van der Waals surface area contributed by atoms with Crippen molar-refractivity contribution in [2.24, 2.45) is 0 Å². The number of hydrogen-bond donors (Lipinski definition) is 1. The minimum absolute atomic E-state index is 0.258. The lowest BCUT2D eigenvalue weighted by molar-refractivity contribution is 0.109. The molecule has 1 N–H and O–H groups in total. The Labute approximate surface area is 138 Å². The number of β-amino-alcohol motifs (C(OH)–C–C–N with tert-alkyl or cyclic N) is 1. The summed E-state index contributed by atoms with van der Waals surface area (Å²) in [4.78, 5) is 9.54. The number of fused-ring (bicyclic) bond motifs is 1. The highest BCUT2D eigenvalue weighted by molar-refractivity contribution is 5.83. The zero-order valence-corrected chi connectivity index (χ0v) is 14.3. The van der Waals surface area contributed by atoms with E-state index in [1.807, 2.05) is 0 Å². The number of benzene rings is 1. The topological polar surface area (TPSA) is 39.6 Å². The van der Waals surface area contributed by atoms with Crippen molar-refractivity contribution in [2.75, 3.05) is 39.3 Å². The quantitative estimate of drug-likeness (QED) is 0.919. The second-order valence-electron chi connectivity index (χ2n) is 6.47. The highest BCUT2D eigenvalue weighted by atomic mass is 16.3. The molecule has 0 amide bonds. The van der Waals surface area contributed by atoms with Crippen LogP contribution in [0.5, 0.6) is 0 Å². The van der Waals surface area contributed by atoms with Gasteiger partial charge in [0.2, 0.25) is 0 Å². The summed E-state index contributed by atoms with van der Waals surface area (Å²) in [5.41, 5.74) is 4.96. The molecule has 1 aromatic carbocycles. The predicted octanol–water partition coefficient (Wildman–Crippen LogP) is 2.22. The number of rotatable bonds is 5. The summed E-state index contributed by atoms with van der Waals surface area (Å²) in [7, 11) is 0. The Hall–Kier alpha value is -1.49. The maximum Gasteiger partial charge on any atom is 0.0708 e. The third-order valence-corrected chi connectivity index (χ3v) is 4.77. The fourth-order valence-corrected chi connectivity index (χ4v) is 3.39. The van der Waals surface area contributed by atoms with Crippen molar-refractivity contribution < 1.29 is 5.11 Å². The van der Waals surface area contributed by atoms with E-state index in [9.17, 15) is 0 Å². The molecular formula is C19H27N3O. The van der Waals surface area contributed by atoms with Crippen LogP contribution in [0.2, 0.25) is 0 Å². The molecule has 23 heavy (non-hydrogen) atoms. The normalized spacial score (nSPS) is 17.0. The predicted molar refractivity (Wildman–Crippen MR) is 94.7 cm³/mol. The minimum Gasteiger partial charge on any atom is -0.395 e. The van der Waals surface area contributed by atoms with Crippen molar-refractivity contribution in [3.05, 3.63) is 41.1 Å². The number of aliphatic hydroxyl groups excluding tert-OH is 1. The van der Waals surface area contributed by atoms with E-state index in [-0.39, 0.29) is 6.61 Å². The van der Waals surface area contributed by atoms with Crippen molar-refractivity contribution in [3.8, 4) is 0 Å². The molecule has 0 atom stereocenters. The number of nitrogens with zero attached hydrogens (tertiary/aromatic N) is 3. The van der Waals surface area contributed by atoms with Gasteiger partial charge in [-0.1, -0.05) is 13.0 Å². The van der Waals surface area contributed by atoms with Crippen molar-refractivity contribution in [3.63, 3.8) is 0 Å². The van der Waals surface area contributed by atoms with Gasteiger partial charge in [0.15, 0.2) is 0 Å². The van der Waals surface area contributed by atoms with E-state index in [1.165, 1.54) is 16.5 Å². The molecule has 0 unspecified atom stereocenters. The molecule has 0 radical (unpaired) electrons. The number of aryl methyl sites for hydroxylation is 2. The van der Waals surface area contributed by atoms with Gasteiger partial charge in [-0.05, 0) is 42.7 Å². The van der Waals surface area contributed by atoms with Gasteiger partial charge in [0.05, 0.1) is 12.1 Å². The Morgan fingerprint density at radius 1 is 1.09 bits per heavy atom. The SMILES string of the molecule is CCc1ccc2nc(C)cc(CN3CCN(CCO)CC3)c2c1. The van der Waals surface area contributed by atoms with Crippen molar-refractivity contribution >= 4 is 10.9 Å². The Morgan fingerprint density at radius 2 is 1.83 bits per heavy atom. The Bertz CT molecular complexity index is 663. The average Bonchev–Trinajstić information content (AvgIpc) is 2.56. The van der Waals surface area contributed by atoms with Gasteiger partial charge in [-0.25, -0.2) is 0 Å². The molecule has 1 aromatic heterocycles. The van der Waals surface area contributed by atoms with E-state index in [4.69, 9.17) is 5.11 Å². The third kappa shape index (κ3) is 3.89. The number of aromatic nitrogens is 1. The lowest BCUT2D eigenvalue weighted by atomic mass is 10.0. The van der Waals surface area contributed by atoms with Crippen LogP contribution in [0.15, 0.2) is 24.3 Å². The second kappa shape index (κ2) is 7.39. The molecule has 0 aliphatic carbocycles. The lowest BCUT2D eigenvalue weighted by Gasteiger charge is -2.34. The summed E-state index contributed by atoms with van der Waals surface area (Å²) in [6.07, 6.45) is 1.06. The Balaban J connectivity index is 1.79. The Morgan fingerprint density at radius 3 is 2.52 bits per heavy atom. The number of aliphatic hydroxyl groups is 1. The molecule has 1 aliphatic rings. The van der Waals surface area contributed by atoms with E-state index in [2.05, 4.69) is 52.9 Å². The van der Waals surface area contributed by atoms with E-state index >= 15 is 0 Å². The molecule has 124 valence electrons. The van der Waals surface area contributed by atoms with E-state index in [0.29, 0.717) is 0 Å². The average molecular weight is 313 g/mol. The van der Waals surface area contributed by atoms with Crippen LogP contribution in [-0.4, -0.2) is 59.2 Å². The number of hydrogen-bond acceptors (Lipinski definition) is 4. The molecule has 4 nitrogen and oxygen atoms in total. The summed E-state index contributed by atoms with van der Waals surface area (Å²) in [6, 6.07) is 8.89. The molecule has 3 rings (SSSR count). The first-order valence-corrected chi connectivity index (χ1v) is 8.64. The molecule has 2 heterocycles. The summed E-state index contributed by atoms with van der Waals surface area (Å²) < 4.78 is 0. The first-order chi connectivity index (χ1) is 11.2. The lowest BCUT2D eigenvalue weighted by Crippen LogP contribution is -2.46. The van der Waals surface area contributed by atoms with Gasteiger partial charge >= 0.3 is 0 Å². The van der Waals surface area contributed by atoms with Gasteiger partial charge in [-0.2, -0.15) is 0 Å². The van der Waals surface area contributed by atoms with E-state index in [1.54, 1.807) is 0 Å². The van der Waals surface area contributed by atoms with Gasteiger partial charge in [-0.3, -0.25) is 14.8 Å². The first-order valence-electron chi connectivity index (χ1n) is 8.64. The van der Waals surface area contributed by atoms with Crippen LogP contribution in [0, 0.1) is 6.92 Å². The molecule has 4 heteroatoms. The fourth-order valence-electron chi connectivity index (χ4n) is 3.39. The maximum atomic E-state index is 9.06. The van der Waals surface area contributed by atoms with E-state index < -0.39 is 0 Å². The highest BCUT2D eigenvalue weighted by Gasteiger charge is 2.17. The van der Waals surface area contributed by atoms with Gasteiger partial charge in [0.25, 0.3) is 0 Å². The number of pyridine rings is 1. The van der Waals surface area contributed by atoms with Crippen molar-refractivity contribution in [2.45, 2.75) is 26.8 Å². The molecule has 0 spiro atoms. The highest BCUT2D eigenvalue weighted by Crippen LogP contribution is 2.22. The molecular weight excluding hydrogens is 286 g/mol. The third-order valence-electron chi connectivity index (χ3n) is 4.77. The molecule has 2 aromatic rings. The van der Waals surface area contributed by atoms with Crippen LogP contribution < -0.4 is 0 Å². The second-order valence-corrected chi connectivity index (χ2v) is 6.47. The van der Waals surface area contributed by atoms with Crippen molar-refractivity contribution in [1.29, 1.82) is 0 Å². The molecule has 0 bridgehead atoms. The van der Waals surface area contributed by atoms with Gasteiger partial charge in [0.1, 0.15) is 0 Å². The minimum atomic E-state index is 0.258. The molecule has 1 fully saturated rings. The molecule has 1 saturated heterocycles. The summed E-state index contributed by atoms with van der Waals surface area (Å²) >= 11 is 0. The maximum absolute atomic E-state index is 9.06. The van der Waals surface area contributed by atoms with Gasteiger partial charge < -0.3 is 5.11 Å². The molecule has 1 aliphatic heterocycles. The number of piperazine rings is 1. The zero-order valence-electron chi connectivity index (χ0n) is 14.3. The summed E-state index contributed by atoms with van der Waals surface area (Å²) in [5, 5.41) is 10.4. The van der Waals surface area contributed by atoms with Crippen LogP contribution >= 0.6 is 0 Å². The standard InChI is InChI=1S/C19H27N3O/c1-3-16-4-5-19-18(13-16)17(12-15(2)20-19)14-22-8-6-21(7-9-22)10-11-23/h4-5,12-13,23H,3,6-11,14H2,1-2H3. The van der Waals surface area contributed by atoms with Gasteiger partial charge in [0, 0.05) is 50.3 Å². The van der Waals surface area contributed by atoms with Crippen LogP contribution in [-0.2, 0) is 13.0 Å². The largest absolute Gasteiger partial charge is 0.395 e. The summed E-state index contributed by atoms with van der Waals surface area (Å²) in [5.74, 6) is 0. The first kappa shape index (κ1) is 16.4. The van der Waals surface area contributed by atoms with Crippen molar-refractivity contribution in [1.82, 2.24) is 14.8 Å². The monoisotopic (exact) mass is 313 g/mol. The van der Waals surface area contributed by atoms with Crippen LogP contribution in [0.25, 0.3) is 10.9 Å². The van der Waals surface area contributed by atoms with Crippen LogP contribution in [0.4, 0.5) is 0 Å².